The van der Waals surface area contributed by atoms with Crippen LogP contribution in [0.5, 0.6) is 0 Å². The second kappa shape index (κ2) is 8.63. The Hall–Kier alpha value is -0.990. The molecule has 0 saturated carbocycles. The number of aromatic nitrogens is 2. The largest absolute Gasteiger partial charge is 0.490 e. The highest BCUT2D eigenvalue weighted by Gasteiger charge is 2.45. The van der Waals surface area contributed by atoms with Gasteiger partial charge in [-0.2, -0.15) is 8.62 Å². The minimum atomic E-state index is -5.68. The highest BCUT2D eigenvalue weighted by atomic mass is 31.3. The van der Waals surface area contributed by atoms with E-state index in [0.717, 1.165) is 16.8 Å². The number of phosphoric acid groups is 3. The highest BCUT2D eigenvalue weighted by molar-refractivity contribution is 7.66. The Bertz CT molecular complexity index is 998. The first-order valence-electron chi connectivity index (χ1n) is 7.53. The molecule has 166 valence electrons. The summed E-state index contributed by atoms with van der Waals surface area (Å²) in [6.07, 6.45) is -2.64. The Kier molecular flexibility index (Phi) is 7.23. The van der Waals surface area contributed by atoms with E-state index < -0.39 is 65.7 Å². The standard InChI is InChI=1S/C10H17N2O14P3/c1-5-8(14)6(24-9(5)12-3-2-7(13)11-10(12)15)4-23-28(19,20)26-29(21,22)25-27(16,17)18/h2-3,5-6,8-9,14H,4H2,1H3,(H,19,20)(H,21,22)(H,11,13,15)(H2,16,17,18)/t5-,6+,8-,9+/m0/s1. The molecule has 1 aliphatic rings. The van der Waals surface area contributed by atoms with E-state index in [1.54, 1.807) is 0 Å². The van der Waals surface area contributed by atoms with Crippen molar-refractivity contribution in [3.63, 3.8) is 0 Å². The van der Waals surface area contributed by atoms with Gasteiger partial charge in [-0.3, -0.25) is 18.9 Å². The summed E-state index contributed by atoms with van der Waals surface area (Å²) in [6, 6.07) is 1.03. The van der Waals surface area contributed by atoms with Crippen molar-refractivity contribution < 1.29 is 56.3 Å². The zero-order chi connectivity index (χ0) is 22.2. The summed E-state index contributed by atoms with van der Waals surface area (Å²) in [6.45, 7) is 0.585. The summed E-state index contributed by atoms with van der Waals surface area (Å²) in [5.41, 5.74) is -1.50. The van der Waals surface area contributed by atoms with Crippen molar-refractivity contribution in [1.29, 1.82) is 0 Å². The second-order valence-corrected chi connectivity index (χ2v) is 10.2. The number of H-pyrrole nitrogens is 1. The SMILES string of the molecule is C[C@H]1[C@H](O)[C@@H](COP(=O)(O)OP(=O)(O)OP(=O)(O)O)O[C@H]1n1ccc(=O)[nH]c1=O. The first-order valence-corrected chi connectivity index (χ1v) is 12.1. The van der Waals surface area contributed by atoms with Gasteiger partial charge in [-0.25, -0.2) is 18.5 Å². The molecule has 0 spiro atoms. The molecule has 6 N–H and O–H groups in total. The molecule has 2 heterocycles. The van der Waals surface area contributed by atoms with Gasteiger partial charge < -0.3 is 29.4 Å². The minimum absolute atomic E-state index is 0.665. The van der Waals surface area contributed by atoms with Crippen molar-refractivity contribution in [3.05, 3.63) is 33.1 Å². The Morgan fingerprint density at radius 1 is 1.14 bits per heavy atom. The fourth-order valence-electron chi connectivity index (χ4n) is 2.45. The molecular formula is C10H17N2O14P3. The lowest BCUT2D eigenvalue weighted by atomic mass is 10.0. The molecule has 0 aliphatic carbocycles. The van der Waals surface area contributed by atoms with E-state index >= 15 is 0 Å². The van der Waals surface area contributed by atoms with Gasteiger partial charge >= 0.3 is 29.2 Å². The average Bonchev–Trinajstić information content (AvgIpc) is 2.78. The third-order valence-corrected chi connectivity index (χ3v) is 7.43. The van der Waals surface area contributed by atoms with Gasteiger partial charge in [0.05, 0.1) is 12.7 Å². The van der Waals surface area contributed by atoms with Crippen LogP contribution in [-0.2, 0) is 31.6 Å². The van der Waals surface area contributed by atoms with Crippen molar-refractivity contribution in [2.75, 3.05) is 6.61 Å². The van der Waals surface area contributed by atoms with Crippen molar-refractivity contribution in [1.82, 2.24) is 9.55 Å². The third kappa shape index (κ3) is 6.76. The molecule has 1 aromatic rings. The van der Waals surface area contributed by atoms with Crippen molar-refractivity contribution in [3.8, 4) is 0 Å². The zero-order valence-corrected chi connectivity index (χ0v) is 17.1. The van der Waals surface area contributed by atoms with Gasteiger partial charge in [0.15, 0.2) is 0 Å². The first kappa shape index (κ1) is 24.3. The molecule has 6 atom stereocenters. The van der Waals surface area contributed by atoms with Gasteiger partial charge in [0.25, 0.3) is 5.56 Å². The van der Waals surface area contributed by atoms with E-state index in [1.807, 2.05) is 4.98 Å². The van der Waals surface area contributed by atoms with Gasteiger partial charge in [0.1, 0.15) is 12.3 Å². The Labute approximate surface area is 161 Å². The highest BCUT2D eigenvalue weighted by Crippen LogP contribution is 2.66. The number of phosphoric ester groups is 1. The number of rotatable bonds is 8. The molecule has 16 nitrogen and oxygen atoms in total. The van der Waals surface area contributed by atoms with Gasteiger partial charge in [-0.05, 0) is 0 Å². The Morgan fingerprint density at radius 3 is 2.31 bits per heavy atom. The van der Waals surface area contributed by atoms with E-state index in [4.69, 9.17) is 19.4 Å². The molecule has 2 rings (SSSR count). The fraction of sp³-hybridized carbons (Fsp3) is 0.600. The summed E-state index contributed by atoms with van der Waals surface area (Å²) >= 11 is 0. The van der Waals surface area contributed by atoms with Crippen LogP contribution < -0.4 is 11.2 Å². The van der Waals surface area contributed by atoms with Crippen LogP contribution in [0.1, 0.15) is 13.2 Å². The van der Waals surface area contributed by atoms with Crippen LogP contribution in [0, 0.1) is 5.92 Å². The van der Waals surface area contributed by atoms with Crippen molar-refractivity contribution in [2.45, 2.75) is 25.4 Å². The summed E-state index contributed by atoms with van der Waals surface area (Å²) in [5, 5.41) is 10.2. The van der Waals surface area contributed by atoms with E-state index in [1.165, 1.54) is 6.92 Å². The molecule has 1 aliphatic heterocycles. The van der Waals surface area contributed by atoms with Crippen LogP contribution in [0.3, 0.4) is 0 Å². The van der Waals surface area contributed by atoms with Crippen LogP contribution in [0.15, 0.2) is 21.9 Å². The topological polar surface area (TPSA) is 244 Å². The number of hydrogen-bond donors (Lipinski definition) is 6. The number of hydrogen-bond acceptors (Lipinski definition) is 10. The zero-order valence-electron chi connectivity index (χ0n) is 14.4. The normalized spacial score (nSPS) is 29.3. The maximum atomic E-state index is 11.8. The van der Waals surface area contributed by atoms with Crippen LogP contribution in [0.25, 0.3) is 0 Å². The fourth-order valence-corrected chi connectivity index (χ4v) is 5.48. The summed E-state index contributed by atoms with van der Waals surface area (Å²) in [7, 11) is -16.6. The number of nitrogens with one attached hydrogen (secondary N) is 1. The predicted octanol–water partition coefficient (Wildman–Crippen LogP) is -1.23. The summed E-state index contributed by atoms with van der Waals surface area (Å²) in [4.78, 5) is 60.4. The maximum Gasteiger partial charge on any atom is 0.490 e. The van der Waals surface area contributed by atoms with E-state index in [9.17, 15) is 33.3 Å². The lowest BCUT2D eigenvalue weighted by Gasteiger charge is -2.19. The predicted molar refractivity (Wildman–Crippen MR) is 90.2 cm³/mol. The second-order valence-electron chi connectivity index (χ2n) is 5.82. The van der Waals surface area contributed by atoms with Crippen LogP contribution in [-0.4, -0.2) is 53.0 Å². The smallest absolute Gasteiger partial charge is 0.390 e. The number of aliphatic hydroxyl groups excluding tert-OH is 1. The lowest BCUT2D eigenvalue weighted by molar-refractivity contribution is -0.0468. The average molecular weight is 482 g/mol. The molecule has 2 unspecified atom stereocenters. The van der Waals surface area contributed by atoms with E-state index in [0.29, 0.717) is 0 Å². The molecule has 29 heavy (non-hydrogen) atoms. The minimum Gasteiger partial charge on any atom is -0.390 e. The van der Waals surface area contributed by atoms with Gasteiger partial charge in [-0.1, -0.05) is 6.92 Å². The first-order chi connectivity index (χ1) is 13.1. The molecule has 0 amide bonds. The lowest BCUT2D eigenvalue weighted by Crippen LogP contribution is -2.33. The van der Waals surface area contributed by atoms with Crippen LogP contribution in [0.2, 0.25) is 0 Å². The van der Waals surface area contributed by atoms with Gasteiger partial charge in [-0.15, -0.1) is 0 Å². The quantitative estimate of drug-likeness (QED) is 0.238. The number of ether oxygens (including phenoxy) is 1. The van der Waals surface area contributed by atoms with Crippen LogP contribution in [0.4, 0.5) is 0 Å². The molecule has 1 saturated heterocycles. The molecule has 1 aromatic heterocycles. The van der Waals surface area contributed by atoms with Crippen molar-refractivity contribution >= 4 is 23.5 Å². The summed E-state index contributed by atoms with van der Waals surface area (Å²) in [5.74, 6) is -0.756. The number of aromatic amines is 1. The maximum absolute atomic E-state index is 11.8. The number of nitrogens with zero attached hydrogens (tertiary/aromatic N) is 1. The van der Waals surface area contributed by atoms with Crippen molar-refractivity contribution in [2.24, 2.45) is 5.92 Å². The summed E-state index contributed by atoms with van der Waals surface area (Å²) < 4.78 is 51.4. The molecule has 0 aromatic carbocycles. The molecule has 0 radical (unpaired) electrons. The van der Waals surface area contributed by atoms with Gasteiger partial charge in [0.2, 0.25) is 0 Å². The van der Waals surface area contributed by atoms with Crippen LogP contribution >= 0.6 is 23.5 Å². The molecule has 1 fully saturated rings. The third-order valence-electron chi connectivity index (χ3n) is 3.63. The Morgan fingerprint density at radius 2 is 1.76 bits per heavy atom. The Balaban J connectivity index is 2.06. The number of aliphatic hydroxyl groups is 1. The van der Waals surface area contributed by atoms with E-state index in [-0.39, 0.29) is 0 Å². The van der Waals surface area contributed by atoms with E-state index in [2.05, 4.69) is 13.1 Å². The monoisotopic (exact) mass is 482 g/mol. The molecular weight excluding hydrogens is 465 g/mol. The molecule has 19 heteroatoms. The van der Waals surface area contributed by atoms with Gasteiger partial charge in [0, 0.05) is 18.2 Å². The molecule has 0 bridgehead atoms.